The number of aliphatic carboxylic acids is 1. The molecule has 2 aliphatic heterocycles. The van der Waals surface area contributed by atoms with Gasteiger partial charge in [-0.3, -0.25) is 14.5 Å². The predicted octanol–water partition coefficient (Wildman–Crippen LogP) is 1.33. The van der Waals surface area contributed by atoms with Crippen LogP contribution in [0.15, 0.2) is 24.3 Å². The minimum atomic E-state index is -0.841. The molecule has 1 amide bonds. The van der Waals surface area contributed by atoms with Crippen LogP contribution in [0.1, 0.15) is 18.9 Å². The van der Waals surface area contributed by atoms with E-state index in [0.717, 1.165) is 12.0 Å². The Bertz CT molecular complexity index is 607. The Morgan fingerprint density at radius 3 is 2.91 bits per heavy atom. The van der Waals surface area contributed by atoms with Gasteiger partial charge in [0.15, 0.2) is 0 Å². The second-order valence-electron chi connectivity index (χ2n) is 6.19. The first-order chi connectivity index (χ1) is 10.5. The highest BCUT2D eigenvalue weighted by Gasteiger charge is 2.49. The van der Waals surface area contributed by atoms with Crippen LogP contribution in [0.3, 0.4) is 0 Å². The molecule has 2 aliphatic rings. The topological polar surface area (TPSA) is 60.9 Å². The van der Waals surface area contributed by atoms with E-state index in [4.69, 9.17) is 5.11 Å². The SMILES string of the molecule is CC(CN1C[C@@H]2C[C@H]1C(=O)N2Cc1cccc(F)c1)C(=O)O. The molecule has 0 aliphatic carbocycles. The number of nitrogens with zero attached hydrogens (tertiary/aromatic N) is 2. The van der Waals surface area contributed by atoms with Gasteiger partial charge in [-0.1, -0.05) is 19.1 Å². The highest BCUT2D eigenvalue weighted by Crippen LogP contribution is 2.33. The van der Waals surface area contributed by atoms with E-state index in [1.165, 1.54) is 12.1 Å². The summed E-state index contributed by atoms with van der Waals surface area (Å²) in [6.07, 6.45) is 0.737. The van der Waals surface area contributed by atoms with E-state index in [-0.39, 0.29) is 23.8 Å². The van der Waals surface area contributed by atoms with Crippen LogP contribution in [0.2, 0.25) is 0 Å². The zero-order valence-electron chi connectivity index (χ0n) is 12.4. The minimum absolute atomic E-state index is 0.0260. The summed E-state index contributed by atoms with van der Waals surface area (Å²) in [5.41, 5.74) is 0.784. The fourth-order valence-corrected chi connectivity index (χ4v) is 3.40. The summed E-state index contributed by atoms with van der Waals surface area (Å²) < 4.78 is 13.2. The van der Waals surface area contributed by atoms with Gasteiger partial charge in [-0.05, 0) is 24.1 Å². The molecule has 0 radical (unpaired) electrons. The minimum Gasteiger partial charge on any atom is -0.481 e. The van der Waals surface area contributed by atoms with Gasteiger partial charge in [-0.2, -0.15) is 0 Å². The van der Waals surface area contributed by atoms with Gasteiger partial charge in [0.05, 0.1) is 12.0 Å². The summed E-state index contributed by atoms with van der Waals surface area (Å²) in [4.78, 5) is 27.2. The molecule has 3 atom stereocenters. The number of hydrogen-bond acceptors (Lipinski definition) is 3. The summed E-state index contributed by atoms with van der Waals surface area (Å²) in [6.45, 7) is 3.17. The second-order valence-corrected chi connectivity index (χ2v) is 6.19. The van der Waals surface area contributed by atoms with Gasteiger partial charge in [0.25, 0.3) is 0 Å². The number of rotatable bonds is 5. The van der Waals surface area contributed by atoms with Crippen molar-refractivity contribution in [3.8, 4) is 0 Å². The maximum atomic E-state index is 13.2. The smallest absolute Gasteiger partial charge is 0.307 e. The normalized spacial score (nSPS) is 25.7. The average Bonchev–Trinajstić information content (AvgIpc) is 2.98. The van der Waals surface area contributed by atoms with Crippen molar-refractivity contribution in [3.63, 3.8) is 0 Å². The van der Waals surface area contributed by atoms with Crippen LogP contribution in [0.4, 0.5) is 4.39 Å². The molecule has 2 heterocycles. The van der Waals surface area contributed by atoms with Crippen molar-refractivity contribution in [1.29, 1.82) is 0 Å². The lowest BCUT2D eigenvalue weighted by molar-refractivity contribution is -0.144. The van der Waals surface area contributed by atoms with E-state index in [9.17, 15) is 14.0 Å². The van der Waals surface area contributed by atoms with Crippen LogP contribution < -0.4 is 0 Å². The van der Waals surface area contributed by atoms with Crippen LogP contribution in [-0.2, 0) is 16.1 Å². The van der Waals surface area contributed by atoms with E-state index < -0.39 is 11.9 Å². The maximum Gasteiger partial charge on any atom is 0.307 e. The number of piperazine rings is 1. The number of likely N-dealkylation sites (tertiary alicyclic amines) is 2. The standard InChI is InChI=1S/C16H19FN2O3/c1-10(16(21)22)7-18-9-13-6-14(18)15(20)19(13)8-11-3-2-4-12(17)5-11/h2-5,10,13-14H,6-9H2,1H3,(H,21,22)/t10?,13-,14-/m0/s1. The maximum absolute atomic E-state index is 13.2. The number of carboxylic acid groups (broad SMARTS) is 1. The lowest BCUT2D eigenvalue weighted by atomic mass is 10.1. The van der Waals surface area contributed by atoms with Gasteiger partial charge in [-0.15, -0.1) is 0 Å². The van der Waals surface area contributed by atoms with Gasteiger partial charge >= 0.3 is 5.97 Å². The highest BCUT2D eigenvalue weighted by molar-refractivity contribution is 5.86. The van der Waals surface area contributed by atoms with Crippen LogP contribution in [0.25, 0.3) is 0 Å². The molecule has 2 saturated heterocycles. The number of amides is 1. The zero-order chi connectivity index (χ0) is 15.9. The number of halogens is 1. The lowest BCUT2D eigenvalue weighted by Crippen LogP contribution is -2.51. The number of fused-ring (bicyclic) bond motifs is 2. The molecule has 1 unspecified atom stereocenters. The molecule has 3 rings (SSSR count). The molecule has 0 aromatic heterocycles. The molecule has 1 aromatic rings. The molecule has 1 N–H and O–H groups in total. The molecule has 0 saturated carbocycles. The van der Waals surface area contributed by atoms with Crippen LogP contribution in [0.5, 0.6) is 0 Å². The van der Waals surface area contributed by atoms with Crippen LogP contribution in [-0.4, -0.2) is 52.0 Å². The van der Waals surface area contributed by atoms with E-state index in [1.54, 1.807) is 17.9 Å². The molecule has 1 aromatic carbocycles. The largest absolute Gasteiger partial charge is 0.481 e. The van der Waals surface area contributed by atoms with E-state index in [2.05, 4.69) is 0 Å². The quantitative estimate of drug-likeness (QED) is 0.891. The van der Waals surface area contributed by atoms with E-state index in [0.29, 0.717) is 19.6 Å². The first-order valence-electron chi connectivity index (χ1n) is 7.47. The molecule has 118 valence electrons. The summed E-state index contributed by atoms with van der Waals surface area (Å²) >= 11 is 0. The van der Waals surface area contributed by atoms with Crippen molar-refractivity contribution in [2.45, 2.75) is 32.0 Å². The Morgan fingerprint density at radius 2 is 2.27 bits per heavy atom. The summed E-state index contributed by atoms with van der Waals surface area (Å²) in [5.74, 6) is -1.60. The fraction of sp³-hybridized carbons (Fsp3) is 0.500. The van der Waals surface area contributed by atoms with Crippen molar-refractivity contribution in [2.75, 3.05) is 13.1 Å². The van der Waals surface area contributed by atoms with Crippen molar-refractivity contribution in [3.05, 3.63) is 35.6 Å². The molecule has 2 fully saturated rings. The third-order valence-electron chi connectivity index (χ3n) is 4.56. The number of hydrogen-bond donors (Lipinski definition) is 1. The first kappa shape index (κ1) is 15.0. The van der Waals surface area contributed by atoms with E-state index in [1.807, 2.05) is 11.0 Å². The second kappa shape index (κ2) is 5.68. The van der Waals surface area contributed by atoms with Crippen molar-refractivity contribution in [1.82, 2.24) is 9.80 Å². The van der Waals surface area contributed by atoms with Gasteiger partial charge in [0.1, 0.15) is 5.82 Å². The van der Waals surface area contributed by atoms with Crippen molar-refractivity contribution < 1.29 is 19.1 Å². The van der Waals surface area contributed by atoms with E-state index >= 15 is 0 Å². The molecular weight excluding hydrogens is 287 g/mol. The molecule has 6 heteroatoms. The highest BCUT2D eigenvalue weighted by atomic mass is 19.1. The molecular formula is C16H19FN2O3. The van der Waals surface area contributed by atoms with Gasteiger partial charge in [-0.25, -0.2) is 4.39 Å². The van der Waals surface area contributed by atoms with Crippen LogP contribution in [0, 0.1) is 11.7 Å². The third kappa shape index (κ3) is 2.70. The Balaban J connectivity index is 1.65. The Hall–Kier alpha value is -1.95. The van der Waals surface area contributed by atoms with Crippen molar-refractivity contribution >= 4 is 11.9 Å². The average molecular weight is 306 g/mol. The van der Waals surface area contributed by atoms with Gasteiger partial charge in [0, 0.05) is 25.7 Å². The first-order valence-corrected chi connectivity index (χ1v) is 7.47. The number of carbonyl (C=O) groups is 2. The Labute approximate surface area is 128 Å². The number of carbonyl (C=O) groups excluding carboxylic acids is 1. The molecule has 2 bridgehead atoms. The van der Waals surface area contributed by atoms with Crippen molar-refractivity contribution in [2.24, 2.45) is 5.92 Å². The molecule has 5 nitrogen and oxygen atoms in total. The molecule has 22 heavy (non-hydrogen) atoms. The summed E-state index contributed by atoms with van der Waals surface area (Å²) in [5, 5.41) is 8.99. The lowest BCUT2D eigenvalue weighted by Gasteiger charge is -2.34. The summed E-state index contributed by atoms with van der Waals surface area (Å²) in [6, 6.07) is 6.17. The Morgan fingerprint density at radius 1 is 1.50 bits per heavy atom. The predicted molar refractivity (Wildman–Crippen MR) is 77.5 cm³/mol. The zero-order valence-corrected chi connectivity index (χ0v) is 12.4. The Kier molecular flexibility index (Phi) is 3.87. The number of carboxylic acids is 1. The van der Waals surface area contributed by atoms with Gasteiger partial charge in [0.2, 0.25) is 5.91 Å². The number of benzene rings is 1. The third-order valence-corrected chi connectivity index (χ3v) is 4.56. The molecule has 0 spiro atoms. The fourth-order valence-electron chi connectivity index (χ4n) is 3.40. The van der Waals surface area contributed by atoms with Crippen LogP contribution >= 0.6 is 0 Å². The van der Waals surface area contributed by atoms with Gasteiger partial charge < -0.3 is 10.0 Å². The summed E-state index contributed by atoms with van der Waals surface area (Å²) in [7, 11) is 0. The monoisotopic (exact) mass is 306 g/mol.